The summed E-state index contributed by atoms with van der Waals surface area (Å²) in [6.45, 7) is 5.44. The molecule has 0 bridgehead atoms. The van der Waals surface area contributed by atoms with Crippen LogP contribution in [0.2, 0.25) is 0 Å². The van der Waals surface area contributed by atoms with Gasteiger partial charge in [0.15, 0.2) is 17.5 Å². The molecule has 5 rings (SSSR count). The first-order chi connectivity index (χ1) is 21.3. The number of Topliss-reactive ketones (excluding diaryl/α,β-unsaturated/α-hetero) is 1. The van der Waals surface area contributed by atoms with Crippen molar-refractivity contribution in [2.45, 2.75) is 32.2 Å². The van der Waals surface area contributed by atoms with Crippen LogP contribution in [-0.2, 0) is 14.3 Å². The number of carbonyl (C=O) groups is 3. The molecule has 2 atom stereocenters. The van der Waals surface area contributed by atoms with Gasteiger partial charge < -0.3 is 29.8 Å². The zero-order chi connectivity index (χ0) is 31.2. The lowest BCUT2D eigenvalue weighted by Crippen LogP contribution is -2.42. The Morgan fingerprint density at radius 2 is 1.82 bits per heavy atom. The smallest absolute Gasteiger partial charge is 0.329 e. The van der Waals surface area contributed by atoms with Gasteiger partial charge in [0.2, 0.25) is 11.8 Å². The third-order valence-corrected chi connectivity index (χ3v) is 8.22. The van der Waals surface area contributed by atoms with E-state index in [2.05, 4.69) is 15.3 Å². The van der Waals surface area contributed by atoms with Crippen LogP contribution in [0.25, 0.3) is 11.3 Å². The summed E-state index contributed by atoms with van der Waals surface area (Å²) >= 11 is 1.10. The SMILES string of the molecule is CCC(=O)c1csc(NC(=O)[C@H]([C@@H](C)c2ccccc2)n2c(O)c(-c3ccc(OCC(=O)N4CCOCC4)cc3)[nH]c2=O)n1. The van der Waals surface area contributed by atoms with Gasteiger partial charge in [0.1, 0.15) is 23.2 Å². The zero-order valence-electron chi connectivity index (χ0n) is 24.3. The molecule has 1 fully saturated rings. The molecule has 3 N–H and O–H groups in total. The van der Waals surface area contributed by atoms with Crippen LogP contribution in [0, 0.1) is 0 Å². The van der Waals surface area contributed by atoms with Gasteiger partial charge in [-0.25, -0.2) is 14.3 Å². The fourth-order valence-corrected chi connectivity index (χ4v) is 5.71. The first-order valence-corrected chi connectivity index (χ1v) is 15.1. The Labute approximate surface area is 257 Å². The number of anilines is 1. The molecule has 2 aromatic carbocycles. The standard InChI is InChI=1S/C31H33N5O7S/c1-3-24(37)23-18-44-30(32-23)34-28(39)27(19(2)20-7-5-4-6-8-20)36-29(40)26(33-31(36)41)21-9-11-22(12-10-21)43-17-25(38)35-13-15-42-16-14-35/h4-12,18-19,27,40H,3,13-17H2,1-2H3,(H,33,41)(H,32,34,39)/t19-,27-/m0/s1. The predicted molar refractivity (Wildman–Crippen MR) is 164 cm³/mol. The number of nitrogens with zero attached hydrogens (tertiary/aromatic N) is 3. The molecule has 230 valence electrons. The number of morpholine rings is 1. The van der Waals surface area contributed by atoms with Crippen LogP contribution in [0.15, 0.2) is 64.8 Å². The first-order valence-electron chi connectivity index (χ1n) is 14.2. The summed E-state index contributed by atoms with van der Waals surface area (Å²) in [5.41, 5.74) is 0.935. The largest absolute Gasteiger partial charge is 0.493 e. The molecule has 0 saturated carbocycles. The highest BCUT2D eigenvalue weighted by Gasteiger charge is 2.34. The number of hydrogen-bond donors (Lipinski definition) is 3. The molecule has 3 heterocycles. The number of aromatic hydroxyl groups is 1. The normalized spacial score (nSPS) is 14.5. The van der Waals surface area contributed by atoms with Crippen LogP contribution in [0.1, 0.15) is 48.3 Å². The Balaban J connectivity index is 1.39. The maximum atomic E-state index is 13.7. The molecular weight excluding hydrogens is 586 g/mol. The van der Waals surface area contributed by atoms with Crippen molar-refractivity contribution in [3.63, 3.8) is 0 Å². The molecule has 12 nitrogen and oxygen atoms in total. The van der Waals surface area contributed by atoms with E-state index in [0.29, 0.717) is 37.6 Å². The number of thiazole rings is 1. The number of imidazole rings is 1. The molecule has 1 aliphatic rings. The average Bonchev–Trinajstić information content (AvgIpc) is 3.64. The number of aromatic nitrogens is 3. The molecule has 44 heavy (non-hydrogen) atoms. The lowest BCUT2D eigenvalue weighted by atomic mass is 9.92. The molecular formula is C31H33N5O7S. The van der Waals surface area contributed by atoms with E-state index in [0.717, 1.165) is 21.5 Å². The number of amides is 2. The van der Waals surface area contributed by atoms with E-state index >= 15 is 0 Å². The first kappa shape index (κ1) is 30.7. The highest BCUT2D eigenvalue weighted by atomic mass is 32.1. The van der Waals surface area contributed by atoms with Crippen molar-refractivity contribution in [1.29, 1.82) is 0 Å². The van der Waals surface area contributed by atoms with Gasteiger partial charge in [-0.1, -0.05) is 44.2 Å². The van der Waals surface area contributed by atoms with Gasteiger partial charge in [-0.15, -0.1) is 11.3 Å². The number of rotatable bonds is 11. The van der Waals surface area contributed by atoms with E-state index in [-0.39, 0.29) is 41.2 Å². The number of H-pyrrole nitrogens is 1. The Kier molecular flexibility index (Phi) is 9.56. The second-order valence-corrected chi connectivity index (χ2v) is 11.1. The number of nitrogens with one attached hydrogen (secondary N) is 2. The fourth-order valence-electron chi connectivity index (χ4n) is 4.99. The van der Waals surface area contributed by atoms with E-state index in [9.17, 15) is 24.3 Å². The van der Waals surface area contributed by atoms with E-state index in [1.807, 2.05) is 30.3 Å². The van der Waals surface area contributed by atoms with Crippen molar-refractivity contribution in [2.24, 2.45) is 0 Å². The highest BCUT2D eigenvalue weighted by molar-refractivity contribution is 7.14. The summed E-state index contributed by atoms with van der Waals surface area (Å²) in [7, 11) is 0. The minimum atomic E-state index is -1.17. The zero-order valence-corrected chi connectivity index (χ0v) is 25.1. The van der Waals surface area contributed by atoms with Gasteiger partial charge >= 0.3 is 5.69 Å². The van der Waals surface area contributed by atoms with Crippen LogP contribution in [0.5, 0.6) is 11.6 Å². The maximum absolute atomic E-state index is 13.7. The van der Waals surface area contributed by atoms with Crippen LogP contribution >= 0.6 is 11.3 Å². The van der Waals surface area contributed by atoms with Gasteiger partial charge in [-0.2, -0.15) is 0 Å². The molecule has 13 heteroatoms. The Bertz CT molecular complexity index is 1670. The van der Waals surface area contributed by atoms with Crippen molar-refractivity contribution >= 4 is 34.1 Å². The number of benzene rings is 2. The number of hydrogen-bond acceptors (Lipinski definition) is 9. The Hall–Kier alpha value is -4.75. The molecule has 0 spiro atoms. The number of ether oxygens (including phenoxy) is 2. The van der Waals surface area contributed by atoms with Gasteiger partial charge in [0.05, 0.1) is 13.2 Å². The summed E-state index contributed by atoms with van der Waals surface area (Å²) in [5.74, 6) is -1.40. The minimum Gasteiger partial charge on any atom is -0.493 e. The summed E-state index contributed by atoms with van der Waals surface area (Å²) in [6.07, 6.45) is 0.278. The van der Waals surface area contributed by atoms with Crippen molar-refractivity contribution in [2.75, 3.05) is 38.2 Å². The summed E-state index contributed by atoms with van der Waals surface area (Å²) in [4.78, 5) is 60.1. The summed E-state index contributed by atoms with van der Waals surface area (Å²) < 4.78 is 12.0. The molecule has 2 aromatic heterocycles. The average molecular weight is 620 g/mol. The number of ketones is 1. The van der Waals surface area contributed by atoms with Crippen molar-refractivity contribution in [1.82, 2.24) is 19.4 Å². The van der Waals surface area contributed by atoms with Gasteiger partial charge in [-0.05, 0) is 29.8 Å². The topological polar surface area (TPSA) is 156 Å². The van der Waals surface area contributed by atoms with E-state index < -0.39 is 29.4 Å². The Morgan fingerprint density at radius 1 is 1.11 bits per heavy atom. The highest BCUT2D eigenvalue weighted by Crippen LogP contribution is 2.36. The van der Waals surface area contributed by atoms with E-state index in [1.54, 1.807) is 48.4 Å². The van der Waals surface area contributed by atoms with Gasteiger partial charge in [-0.3, -0.25) is 14.4 Å². The molecule has 1 aliphatic heterocycles. The number of carbonyl (C=O) groups excluding carboxylic acids is 3. The molecule has 4 aromatic rings. The van der Waals surface area contributed by atoms with E-state index in [4.69, 9.17) is 9.47 Å². The Morgan fingerprint density at radius 3 is 2.50 bits per heavy atom. The van der Waals surface area contributed by atoms with Crippen LogP contribution in [0.3, 0.4) is 0 Å². The van der Waals surface area contributed by atoms with Crippen molar-refractivity contribution < 1.29 is 29.0 Å². The van der Waals surface area contributed by atoms with Crippen LogP contribution in [-0.4, -0.2) is 75.0 Å². The molecule has 0 unspecified atom stereocenters. The second kappa shape index (κ2) is 13.7. The summed E-state index contributed by atoms with van der Waals surface area (Å²) in [5, 5.41) is 15.9. The van der Waals surface area contributed by atoms with Crippen LogP contribution in [0.4, 0.5) is 5.13 Å². The quantitative estimate of drug-likeness (QED) is 0.214. The van der Waals surface area contributed by atoms with E-state index in [1.165, 1.54) is 0 Å². The predicted octanol–water partition coefficient (Wildman–Crippen LogP) is 3.82. The third-order valence-electron chi connectivity index (χ3n) is 7.46. The van der Waals surface area contributed by atoms with Crippen molar-refractivity contribution in [3.8, 4) is 22.9 Å². The number of aromatic amines is 1. The lowest BCUT2D eigenvalue weighted by molar-refractivity contribution is -0.137. The molecule has 0 aliphatic carbocycles. The summed E-state index contributed by atoms with van der Waals surface area (Å²) in [6, 6.07) is 14.5. The van der Waals surface area contributed by atoms with Gasteiger partial charge in [0.25, 0.3) is 5.91 Å². The maximum Gasteiger partial charge on any atom is 0.329 e. The lowest BCUT2D eigenvalue weighted by Gasteiger charge is -2.26. The van der Waals surface area contributed by atoms with Gasteiger partial charge in [0, 0.05) is 36.4 Å². The van der Waals surface area contributed by atoms with Crippen LogP contribution < -0.4 is 15.7 Å². The third kappa shape index (κ3) is 6.74. The fraction of sp³-hybridized carbons (Fsp3) is 0.323. The monoisotopic (exact) mass is 619 g/mol. The molecule has 1 saturated heterocycles. The van der Waals surface area contributed by atoms with Crippen molar-refractivity contribution in [3.05, 3.63) is 81.7 Å². The minimum absolute atomic E-state index is 0.120. The second-order valence-electron chi connectivity index (χ2n) is 10.3. The molecule has 0 radical (unpaired) electrons. The molecule has 2 amide bonds.